The third kappa shape index (κ3) is 4.98. The Morgan fingerprint density at radius 3 is 2.68 bits per heavy atom. The summed E-state index contributed by atoms with van der Waals surface area (Å²) in [6.45, 7) is 0.887. The van der Waals surface area contributed by atoms with Crippen LogP contribution < -0.4 is 31.0 Å². The number of nitrogens with one attached hydrogen (secondary N) is 4. The summed E-state index contributed by atoms with van der Waals surface area (Å²) in [4.78, 5) is 11.8. The van der Waals surface area contributed by atoms with Gasteiger partial charge in [0.25, 0.3) is 5.91 Å². The lowest BCUT2D eigenvalue weighted by Gasteiger charge is -2.12. The molecule has 8 heteroatoms. The van der Waals surface area contributed by atoms with Crippen LogP contribution in [0, 0.1) is 0 Å². The van der Waals surface area contributed by atoms with E-state index in [4.69, 9.17) is 21.7 Å². The van der Waals surface area contributed by atoms with E-state index in [1.54, 1.807) is 0 Å². The zero-order chi connectivity index (χ0) is 17.5. The molecule has 1 heterocycles. The van der Waals surface area contributed by atoms with E-state index in [1.807, 2.05) is 48.5 Å². The number of benzene rings is 2. The van der Waals surface area contributed by atoms with E-state index in [0.717, 1.165) is 22.7 Å². The minimum absolute atomic E-state index is 0.141. The molecule has 2 aromatic carbocycles. The molecular weight excluding hydrogens is 340 g/mol. The van der Waals surface area contributed by atoms with Gasteiger partial charge in [-0.25, -0.2) is 0 Å². The summed E-state index contributed by atoms with van der Waals surface area (Å²) in [6.07, 6.45) is 0. The summed E-state index contributed by atoms with van der Waals surface area (Å²) >= 11 is 5.14. The van der Waals surface area contributed by atoms with Crippen LogP contribution in [0.1, 0.15) is 5.56 Å². The van der Waals surface area contributed by atoms with Crippen LogP contribution in [0.15, 0.2) is 48.5 Å². The number of para-hydroxylation sites is 1. The Labute approximate surface area is 150 Å². The van der Waals surface area contributed by atoms with E-state index < -0.39 is 0 Å². The number of rotatable bonds is 5. The quantitative estimate of drug-likeness (QED) is 0.476. The van der Waals surface area contributed by atoms with Crippen LogP contribution in [0.3, 0.4) is 0 Å². The van der Waals surface area contributed by atoms with Gasteiger partial charge in [-0.15, -0.1) is 0 Å². The minimum Gasteiger partial charge on any atom is -0.454 e. The van der Waals surface area contributed by atoms with E-state index >= 15 is 0 Å². The normalized spacial score (nSPS) is 11.5. The molecule has 0 spiro atoms. The second-order valence-electron chi connectivity index (χ2n) is 5.26. The summed E-state index contributed by atoms with van der Waals surface area (Å²) < 4.78 is 10.6. The number of hydrogen-bond donors (Lipinski definition) is 4. The van der Waals surface area contributed by atoms with Crippen LogP contribution >= 0.6 is 12.2 Å². The minimum atomic E-state index is -0.226. The molecule has 0 fully saturated rings. The lowest BCUT2D eigenvalue weighted by atomic mass is 10.2. The molecule has 0 atom stereocenters. The number of hydrazine groups is 1. The van der Waals surface area contributed by atoms with Crippen molar-refractivity contribution in [3.63, 3.8) is 0 Å². The standard InChI is InChI=1S/C17H18N4O3S/c22-16(10-18-13-4-2-1-3-5-13)20-21-17(25)19-9-12-6-7-14-15(8-12)24-11-23-14/h1-8,18H,9-11H2,(H,20,22)(H2,19,21,25). The van der Waals surface area contributed by atoms with Gasteiger partial charge in [-0.2, -0.15) is 0 Å². The molecular formula is C17H18N4O3S. The van der Waals surface area contributed by atoms with E-state index in [2.05, 4.69) is 21.5 Å². The van der Waals surface area contributed by atoms with Gasteiger partial charge < -0.3 is 20.1 Å². The molecule has 130 valence electrons. The Bertz CT molecular complexity index is 755. The lowest BCUT2D eigenvalue weighted by Crippen LogP contribution is -2.48. The summed E-state index contributed by atoms with van der Waals surface area (Å²) in [7, 11) is 0. The molecule has 2 aromatic rings. The maximum atomic E-state index is 11.8. The van der Waals surface area contributed by atoms with Gasteiger partial charge >= 0.3 is 0 Å². The first-order chi connectivity index (χ1) is 12.2. The number of hydrogen-bond acceptors (Lipinski definition) is 5. The highest BCUT2D eigenvalue weighted by Crippen LogP contribution is 2.32. The zero-order valence-electron chi connectivity index (χ0n) is 13.4. The molecule has 0 radical (unpaired) electrons. The number of amides is 1. The van der Waals surface area contributed by atoms with E-state index in [1.165, 1.54) is 0 Å². The average molecular weight is 358 g/mol. The fourth-order valence-corrected chi connectivity index (χ4v) is 2.31. The van der Waals surface area contributed by atoms with Crippen molar-refractivity contribution < 1.29 is 14.3 Å². The van der Waals surface area contributed by atoms with Crippen molar-refractivity contribution in [1.82, 2.24) is 16.2 Å². The average Bonchev–Trinajstić information content (AvgIpc) is 3.11. The van der Waals surface area contributed by atoms with Crippen molar-refractivity contribution >= 4 is 28.9 Å². The van der Waals surface area contributed by atoms with Gasteiger partial charge in [-0.1, -0.05) is 24.3 Å². The topological polar surface area (TPSA) is 83.7 Å². The first-order valence-electron chi connectivity index (χ1n) is 7.71. The van der Waals surface area contributed by atoms with Gasteiger partial charge in [-0.3, -0.25) is 15.6 Å². The molecule has 1 aliphatic heterocycles. The number of fused-ring (bicyclic) bond motifs is 1. The third-order valence-electron chi connectivity index (χ3n) is 3.43. The predicted molar refractivity (Wildman–Crippen MR) is 98.2 cm³/mol. The molecule has 0 aromatic heterocycles. The van der Waals surface area contributed by atoms with Gasteiger partial charge in [0, 0.05) is 12.2 Å². The molecule has 1 aliphatic rings. The van der Waals surface area contributed by atoms with Gasteiger partial charge in [-0.05, 0) is 42.0 Å². The Kier molecular flexibility index (Phi) is 5.53. The number of thiocarbonyl (C=S) groups is 1. The largest absolute Gasteiger partial charge is 0.454 e. The second kappa shape index (κ2) is 8.20. The maximum absolute atomic E-state index is 11.8. The van der Waals surface area contributed by atoms with Gasteiger partial charge in [0.05, 0.1) is 6.54 Å². The number of anilines is 1. The first kappa shape index (κ1) is 16.8. The Balaban J connectivity index is 1.35. The fraction of sp³-hybridized carbons (Fsp3) is 0.176. The van der Waals surface area contributed by atoms with Crippen molar-refractivity contribution in [3.05, 3.63) is 54.1 Å². The Morgan fingerprint density at radius 1 is 1.04 bits per heavy atom. The highest BCUT2D eigenvalue weighted by molar-refractivity contribution is 7.80. The molecule has 0 unspecified atom stereocenters. The van der Waals surface area contributed by atoms with Gasteiger partial charge in [0.2, 0.25) is 6.79 Å². The Hall–Kier alpha value is -3.00. The zero-order valence-corrected chi connectivity index (χ0v) is 14.2. The van der Waals surface area contributed by atoms with Crippen molar-refractivity contribution in [2.75, 3.05) is 18.7 Å². The summed E-state index contributed by atoms with van der Waals surface area (Å²) in [6, 6.07) is 15.1. The maximum Gasteiger partial charge on any atom is 0.257 e. The predicted octanol–water partition coefficient (Wildman–Crippen LogP) is 1.52. The molecule has 3 rings (SSSR count). The van der Waals surface area contributed by atoms with Crippen molar-refractivity contribution in [2.45, 2.75) is 6.54 Å². The van der Waals surface area contributed by atoms with Crippen LogP contribution in [0.25, 0.3) is 0 Å². The van der Waals surface area contributed by atoms with Crippen LogP contribution in [-0.2, 0) is 11.3 Å². The highest BCUT2D eigenvalue weighted by Gasteiger charge is 2.13. The van der Waals surface area contributed by atoms with Gasteiger partial charge in [0.15, 0.2) is 16.6 Å². The van der Waals surface area contributed by atoms with E-state index in [0.29, 0.717) is 11.7 Å². The van der Waals surface area contributed by atoms with Crippen LogP contribution in [-0.4, -0.2) is 24.4 Å². The van der Waals surface area contributed by atoms with Gasteiger partial charge in [0.1, 0.15) is 0 Å². The van der Waals surface area contributed by atoms with Crippen molar-refractivity contribution in [1.29, 1.82) is 0 Å². The molecule has 0 aliphatic carbocycles. The molecule has 0 bridgehead atoms. The molecule has 25 heavy (non-hydrogen) atoms. The molecule has 1 amide bonds. The molecule has 0 saturated heterocycles. The molecule has 0 saturated carbocycles. The van der Waals surface area contributed by atoms with E-state index in [-0.39, 0.29) is 19.2 Å². The molecule has 7 nitrogen and oxygen atoms in total. The number of carbonyl (C=O) groups excluding carboxylic acids is 1. The van der Waals surface area contributed by atoms with Crippen LogP contribution in [0.4, 0.5) is 5.69 Å². The summed E-state index contributed by atoms with van der Waals surface area (Å²) in [5.74, 6) is 1.23. The first-order valence-corrected chi connectivity index (χ1v) is 8.12. The number of ether oxygens (including phenoxy) is 2. The summed E-state index contributed by atoms with van der Waals surface area (Å²) in [5, 5.41) is 6.34. The monoisotopic (exact) mass is 358 g/mol. The second-order valence-corrected chi connectivity index (χ2v) is 5.67. The van der Waals surface area contributed by atoms with Crippen molar-refractivity contribution in [2.24, 2.45) is 0 Å². The lowest BCUT2D eigenvalue weighted by molar-refractivity contribution is -0.119. The third-order valence-corrected chi connectivity index (χ3v) is 3.68. The highest BCUT2D eigenvalue weighted by atomic mass is 32.1. The fourth-order valence-electron chi connectivity index (χ4n) is 2.19. The van der Waals surface area contributed by atoms with E-state index in [9.17, 15) is 4.79 Å². The van der Waals surface area contributed by atoms with Crippen LogP contribution in [0.5, 0.6) is 11.5 Å². The van der Waals surface area contributed by atoms with Crippen molar-refractivity contribution in [3.8, 4) is 11.5 Å². The number of carbonyl (C=O) groups is 1. The Morgan fingerprint density at radius 2 is 1.84 bits per heavy atom. The van der Waals surface area contributed by atoms with Crippen LogP contribution in [0.2, 0.25) is 0 Å². The SMILES string of the molecule is O=C(CNc1ccccc1)NNC(=S)NCc1ccc2c(c1)OCO2. The smallest absolute Gasteiger partial charge is 0.257 e. The molecule has 4 N–H and O–H groups in total. The summed E-state index contributed by atoms with van der Waals surface area (Å²) in [5.41, 5.74) is 7.06.